The van der Waals surface area contributed by atoms with Gasteiger partial charge in [-0.25, -0.2) is 4.68 Å². The molecule has 2 aromatic heterocycles. The van der Waals surface area contributed by atoms with E-state index in [4.69, 9.17) is 4.74 Å². The predicted octanol–water partition coefficient (Wildman–Crippen LogP) is 1.47. The number of fused-ring (bicyclic) bond motifs is 1. The molecule has 0 saturated heterocycles. The molecule has 24 heavy (non-hydrogen) atoms. The maximum Gasteiger partial charge on any atom is 0.256 e. The number of hydrogen-bond donors (Lipinski definition) is 0. The van der Waals surface area contributed by atoms with Crippen LogP contribution in [0.3, 0.4) is 0 Å². The number of aromatic nitrogens is 4. The first-order valence-electron chi connectivity index (χ1n) is 8.40. The SMILES string of the molecule is COC[C@H]1c2nnn(CC3CC3)c2CCN1C(=O)c1cccnc1. The molecule has 0 aromatic carbocycles. The summed E-state index contributed by atoms with van der Waals surface area (Å²) in [5.74, 6) is 0.708. The average Bonchev–Trinajstić information content (AvgIpc) is 3.34. The molecule has 1 saturated carbocycles. The monoisotopic (exact) mass is 327 g/mol. The Bertz CT molecular complexity index is 726. The average molecular weight is 327 g/mol. The second kappa shape index (κ2) is 6.32. The number of methoxy groups -OCH3 is 1. The van der Waals surface area contributed by atoms with E-state index in [1.807, 2.05) is 9.58 Å². The van der Waals surface area contributed by atoms with E-state index in [9.17, 15) is 4.79 Å². The topological polar surface area (TPSA) is 73.1 Å². The fraction of sp³-hybridized carbons (Fsp3) is 0.529. The smallest absolute Gasteiger partial charge is 0.256 e. The summed E-state index contributed by atoms with van der Waals surface area (Å²) < 4.78 is 7.40. The zero-order chi connectivity index (χ0) is 16.5. The van der Waals surface area contributed by atoms with Gasteiger partial charge in [-0.2, -0.15) is 0 Å². The molecule has 7 nitrogen and oxygen atoms in total. The second-order valence-electron chi connectivity index (χ2n) is 6.51. The standard InChI is InChI=1S/C17H21N5O2/c1-24-11-15-16-14(22(20-19-16)10-12-4-5-12)6-8-21(15)17(23)13-3-2-7-18-9-13/h2-3,7,9,12,15H,4-6,8,10-11H2,1H3/t15-/m0/s1. The van der Waals surface area contributed by atoms with Crippen LogP contribution < -0.4 is 0 Å². The van der Waals surface area contributed by atoms with E-state index in [2.05, 4.69) is 15.3 Å². The number of hydrogen-bond acceptors (Lipinski definition) is 5. The van der Waals surface area contributed by atoms with E-state index < -0.39 is 0 Å². The van der Waals surface area contributed by atoms with Gasteiger partial charge < -0.3 is 9.64 Å². The Labute approximate surface area is 140 Å². The van der Waals surface area contributed by atoms with Crippen LogP contribution in [0.4, 0.5) is 0 Å². The van der Waals surface area contributed by atoms with E-state index in [1.165, 1.54) is 12.8 Å². The summed E-state index contributed by atoms with van der Waals surface area (Å²) in [5, 5.41) is 8.73. The first kappa shape index (κ1) is 15.3. The van der Waals surface area contributed by atoms with E-state index in [0.29, 0.717) is 18.7 Å². The van der Waals surface area contributed by atoms with Gasteiger partial charge in [-0.05, 0) is 30.9 Å². The van der Waals surface area contributed by atoms with Crippen molar-refractivity contribution in [3.05, 3.63) is 41.5 Å². The quantitative estimate of drug-likeness (QED) is 0.831. The molecule has 0 spiro atoms. The molecule has 4 rings (SSSR count). The van der Waals surface area contributed by atoms with E-state index >= 15 is 0 Å². The summed E-state index contributed by atoms with van der Waals surface area (Å²) in [4.78, 5) is 18.7. The molecule has 2 aliphatic rings. The molecule has 0 bridgehead atoms. The van der Waals surface area contributed by atoms with Gasteiger partial charge in [0.15, 0.2) is 0 Å². The van der Waals surface area contributed by atoms with Crippen LogP contribution in [-0.4, -0.2) is 51.0 Å². The van der Waals surface area contributed by atoms with Crippen LogP contribution in [0, 0.1) is 5.92 Å². The molecule has 1 aliphatic heterocycles. The summed E-state index contributed by atoms with van der Waals surface area (Å²) in [7, 11) is 1.65. The van der Waals surface area contributed by atoms with Crippen molar-refractivity contribution in [2.75, 3.05) is 20.3 Å². The van der Waals surface area contributed by atoms with Crippen molar-refractivity contribution < 1.29 is 9.53 Å². The third kappa shape index (κ3) is 2.80. The summed E-state index contributed by atoms with van der Waals surface area (Å²) in [6.45, 7) is 2.01. The molecule has 3 heterocycles. The van der Waals surface area contributed by atoms with Crippen molar-refractivity contribution in [3.63, 3.8) is 0 Å². The Hall–Kier alpha value is -2.28. The Morgan fingerprint density at radius 3 is 3.00 bits per heavy atom. The highest BCUT2D eigenvalue weighted by Crippen LogP contribution is 2.34. The van der Waals surface area contributed by atoms with Gasteiger partial charge in [-0.15, -0.1) is 5.10 Å². The molecule has 1 aliphatic carbocycles. The Morgan fingerprint density at radius 2 is 2.29 bits per heavy atom. The maximum atomic E-state index is 12.9. The lowest BCUT2D eigenvalue weighted by Gasteiger charge is -2.34. The number of nitrogens with zero attached hydrogens (tertiary/aromatic N) is 5. The fourth-order valence-corrected chi connectivity index (χ4v) is 3.31. The summed E-state index contributed by atoms with van der Waals surface area (Å²) in [6, 6.07) is 3.37. The van der Waals surface area contributed by atoms with Gasteiger partial charge in [-0.3, -0.25) is 9.78 Å². The van der Waals surface area contributed by atoms with E-state index in [-0.39, 0.29) is 11.9 Å². The minimum Gasteiger partial charge on any atom is -0.382 e. The fourth-order valence-electron chi connectivity index (χ4n) is 3.31. The van der Waals surface area contributed by atoms with Crippen LogP contribution in [0.2, 0.25) is 0 Å². The lowest BCUT2D eigenvalue weighted by molar-refractivity contribution is 0.0490. The van der Waals surface area contributed by atoms with Crippen LogP contribution in [0.15, 0.2) is 24.5 Å². The minimum absolute atomic E-state index is 0.0347. The number of amides is 1. The minimum atomic E-state index is -0.195. The number of ether oxygens (including phenoxy) is 1. The van der Waals surface area contributed by atoms with E-state index in [1.54, 1.807) is 31.6 Å². The molecular weight excluding hydrogens is 306 g/mol. The zero-order valence-corrected chi connectivity index (χ0v) is 13.8. The summed E-state index contributed by atoms with van der Waals surface area (Å²) >= 11 is 0. The summed E-state index contributed by atoms with van der Waals surface area (Å²) in [6.07, 6.45) is 6.61. The van der Waals surface area contributed by atoms with Gasteiger partial charge >= 0.3 is 0 Å². The second-order valence-corrected chi connectivity index (χ2v) is 6.51. The normalized spacial score (nSPS) is 20.0. The van der Waals surface area contributed by atoms with Gasteiger partial charge in [0.25, 0.3) is 5.91 Å². The highest BCUT2D eigenvalue weighted by Gasteiger charge is 2.36. The highest BCUT2D eigenvalue weighted by molar-refractivity contribution is 5.94. The number of pyridine rings is 1. The first-order chi connectivity index (χ1) is 11.8. The first-order valence-corrected chi connectivity index (χ1v) is 8.40. The number of rotatable bonds is 5. The van der Waals surface area contributed by atoms with Gasteiger partial charge in [-0.1, -0.05) is 5.21 Å². The lowest BCUT2D eigenvalue weighted by atomic mass is 10.0. The summed E-state index contributed by atoms with van der Waals surface area (Å²) in [5.41, 5.74) is 2.62. The molecule has 1 amide bonds. The van der Waals surface area contributed by atoms with Crippen molar-refractivity contribution in [3.8, 4) is 0 Å². The highest BCUT2D eigenvalue weighted by atomic mass is 16.5. The maximum absolute atomic E-state index is 12.9. The predicted molar refractivity (Wildman–Crippen MR) is 86.3 cm³/mol. The lowest BCUT2D eigenvalue weighted by Crippen LogP contribution is -2.42. The largest absolute Gasteiger partial charge is 0.382 e. The van der Waals surface area contributed by atoms with Gasteiger partial charge in [0.1, 0.15) is 11.7 Å². The molecule has 1 fully saturated rings. The van der Waals surface area contributed by atoms with Gasteiger partial charge in [0.05, 0.1) is 17.9 Å². The van der Waals surface area contributed by atoms with Gasteiger partial charge in [0, 0.05) is 39.0 Å². The molecule has 0 unspecified atom stereocenters. The molecular formula is C17H21N5O2. The molecule has 0 N–H and O–H groups in total. The molecule has 0 radical (unpaired) electrons. The number of carbonyl (C=O) groups excluding carboxylic acids is 1. The van der Waals surface area contributed by atoms with Crippen molar-refractivity contribution in [1.29, 1.82) is 0 Å². The van der Waals surface area contributed by atoms with Crippen molar-refractivity contribution in [1.82, 2.24) is 24.9 Å². The van der Waals surface area contributed by atoms with Crippen LogP contribution >= 0.6 is 0 Å². The molecule has 2 aromatic rings. The zero-order valence-electron chi connectivity index (χ0n) is 13.8. The van der Waals surface area contributed by atoms with Crippen molar-refractivity contribution in [2.24, 2.45) is 5.92 Å². The Balaban J connectivity index is 1.62. The molecule has 7 heteroatoms. The van der Waals surface area contributed by atoms with Crippen molar-refractivity contribution >= 4 is 5.91 Å². The Morgan fingerprint density at radius 1 is 1.42 bits per heavy atom. The van der Waals surface area contributed by atoms with Crippen molar-refractivity contribution in [2.45, 2.75) is 31.8 Å². The number of carbonyl (C=O) groups is 1. The molecule has 1 atom stereocenters. The van der Waals surface area contributed by atoms with Crippen LogP contribution in [0.5, 0.6) is 0 Å². The third-order valence-electron chi connectivity index (χ3n) is 4.77. The van der Waals surface area contributed by atoms with Crippen LogP contribution in [0.1, 0.15) is 40.6 Å². The Kier molecular flexibility index (Phi) is 4.02. The van der Waals surface area contributed by atoms with E-state index in [0.717, 1.165) is 30.3 Å². The molecule has 126 valence electrons. The van der Waals surface area contributed by atoms with Crippen LogP contribution in [0.25, 0.3) is 0 Å². The van der Waals surface area contributed by atoms with Crippen LogP contribution in [-0.2, 0) is 17.7 Å². The van der Waals surface area contributed by atoms with Gasteiger partial charge in [0.2, 0.25) is 0 Å². The third-order valence-corrected chi connectivity index (χ3v) is 4.77.